The topological polar surface area (TPSA) is 109 Å². The van der Waals surface area contributed by atoms with Crippen LogP contribution in [0.1, 0.15) is 26.5 Å². The molecule has 2 aromatic rings. The molecule has 0 unspecified atom stereocenters. The van der Waals surface area contributed by atoms with Crippen LogP contribution in [-0.4, -0.2) is 33.0 Å². The highest BCUT2D eigenvalue weighted by atomic mass is 32.2. The van der Waals surface area contributed by atoms with Crippen molar-refractivity contribution < 1.29 is 8.42 Å². The summed E-state index contributed by atoms with van der Waals surface area (Å²) >= 11 is 0. The molecule has 0 radical (unpaired) electrons. The predicted molar refractivity (Wildman–Crippen MR) is 77.8 cm³/mol. The van der Waals surface area contributed by atoms with Crippen molar-refractivity contribution in [2.45, 2.75) is 38.9 Å². The van der Waals surface area contributed by atoms with Crippen LogP contribution in [0, 0.1) is 5.92 Å². The third kappa shape index (κ3) is 3.13. The van der Waals surface area contributed by atoms with Crippen molar-refractivity contribution >= 4 is 10.0 Å². The van der Waals surface area contributed by atoms with E-state index in [9.17, 15) is 8.42 Å². The van der Waals surface area contributed by atoms with Gasteiger partial charge in [-0.1, -0.05) is 20.8 Å². The van der Waals surface area contributed by atoms with Crippen LogP contribution >= 0.6 is 0 Å². The smallest absolute Gasteiger partial charge is 0.273 e. The Morgan fingerprint density at radius 1 is 1.33 bits per heavy atom. The molecule has 8 nitrogen and oxygen atoms in total. The zero-order chi connectivity index (χ0) is 15.8. The molecule has 0 aromatic carbocycles. The monoisotopic (exact) mass is 312 g/mol. The molecule has 0 aliphatic rings. The average Bonchev–Trinajstić information content (AvgIpc) is 2.90. The van der Waals surface area contributed by atoms with Crippen molar-refractivity contribution in [2.24, 2.45) is 18.1 Å². The SMILES string of the molecule is CCc1nn(C)cc1-c1nnc(S(N)(=O)=O)n1CC(C)C. The Labute approximate surface area is 124 Å². The molecule has 0 amide bonds. The number of hydrogen-bond acceptors (Lipinski definition) is 5. The lowest BCUT2D eigenvalue weighted by Crippen LogP contribution is -2.20. The fourth-order valence-electron chi connectivity index (χ4n) is 2.21. The minimum atomic E-state index is -3.92. The molecule has 0 aliphatic carbocycles. The van der Waals surface area contributed by atoms with Crippen molar-refractivity contribution in [3.63, 3.8) is 0 Å². The fourth-order valence-corrected chi connectivity index (χ4v) is 2.83. The summed E-state index contributed by atoms with van der Waals surface area (Å²) in [6.45, 7) is 6.42. The molecule has 0 saturated carbocycles. The lowest BCUT2D eigenvalue weighted by atomic mass is 10.2. The van der Waals surface area contributed by atoms with Crippen LogP contribution in [0.2, 0.25) is 0 Å². The molecule has 0 bridgehead atoms. The molecule has 0 fully saturated rings. The quantitative estimate of drug-likeness (QED) is 0.867. The Morgan fingerprint density at radius 2 is 2.00 bits per heavy atom. The summed E-state index contributed by atoms with van der Waals surface area (Å²) in [6, 6.07) is 0. The number of aromatic nitrogens is 5. The summed E-state index contributed by atoms with van der Waals surface area (Å²) in [5.41, 5.74) is 1.62. The summed E-state index contributed by atoms with van der Waals surface area (Å²) in [4.78, 5) is 0. The third-order valence-corrected chi connectivity index (χ3v) is 3.81. The van der Waals surface area contributed by atoms with E-state index in [2.05, 4.69) is 15.3 Å². The van der Waals surface area contributed by atoms with Gasteiger partial charge in [-0.3, -0.25) is 9.25 Å². The van der Waals surface area contributed by atoms with Gasteiger partial charge >= 0.3 is 0 Å². The van der Waals surface area contributed by atoms with Gasteiger partial charge in [0.15, 0.2) is 5.82 Å². The number of sulfonamides is 1. The van der Waals surface area contributed by atoms with E-state index in [0.717, 1.165) is 17.7 Å². The van der Waals surface area contributed by atoms with Gasteiger partial charge in [-0.2, -0.15) is 5.10 Å². The Balaban J connectivity index is 2.66. The van der Waals surface area contributed by atoms with Crippen molar-refractivity contribution in [2.75, 3.05) is 0 Å². The molecule has 9 heteroatoms. The van der Waals surface area contributed by atoms with Gasteiger partial charge in [-0.05, 0) is 12.3 Å². The van der Waals surface area contributed by atoms with E-state index in [0.29, 0.717) is 12.4 Å². The molecule has 2 heterocycles. The molecule has 0 spiro atoms. The second kappa shape index (κ2) is 5.57. The maximum atomic E-state index is 11.7. The summed E-state index contributed by atoms with van der Waals surface area (Å²) in [5.74, 6) is 0.708. The number of hydrogen-bond donors (Lipinski definition) is 1. The number of nitrogens with two attached hydrogens (primary N) is 1. The number of rotatable bonds is 5. The normalized spacial score (nSPS) is 12.3. The highest BCUT2D eigenvalue weighted by molar-refractivity contribution is 7.89. The molecule has 0 aliphatic heterocycles. The first-order valence-electron chi connectivity index (χ1n) is 6.73. The van der Waals surface area contributed by atoms with E-state index in [4.69, 9.17) is 5.14 Å². The summed E-state index contributed by atoms with van der Waals surface area (Å²) in [7, 11) is -2.10. The van der Waals surface area contributed by atoms with Crippen molar-refractivity contribution in [3.8, 4) is 11.4 Å². The fraction of sp³-hybridized carbons (Fsp3) is 0.583. The Hall–Kier alpha value is -1.74. The van der Waals surface area contributed by atoms with Gasteiger partial charge in [-0.15, -0.1) is 10.2 Å². The summed E-state index contributed by atoms with van der Waals surface area (Å²) < 4.78 is 26.6. The standard InChI is InChI=1S/C12H20N6O2S/c1-5-10-9(7-17(4)16-10)11-14-15-12(21(13,19)20)18(11)6-8(2)3/h7-8H,5-6H2,1-4H3,(H2,13,19,20). The zero-order valence-electron chi connectivity index (χ0n) is 12.6. The first-order chi connectivity index (χ1) is 9.74. The lowest BCUT2D eigenvalue weighted by molar-refractivity contribution is 0.486. The maximum Gasteiger partial charge on any atom is 0.273 e. The number of primary sulfonamides is 1. The molecule has 2 N–H and O–H groups in total. The van der Waals surface area contributed by atoms with Gasteiger partial charge in [0.05, 0.1) is 11.3 Å². The van der Waals surface area contributed by atoms with E-state index in [1.165, 1.54) is 0 Å². The minimum Gasteiger partial charge on any atom is -0.296 e. The van der Waals surface area contributed by atoms with Crippen molar-refractivity contribution in [1.82, 2.24) is 24.5 Å². The highest BCUT2D eigenvalue weighted by Crippen LogP contribution is 2.24. The van der Waals surface area contributed by atoms with Crippen LogP contribution in [0.25, 0.3) is 11.4 Å². The molecule has 0 saturated heterocycles. The first-order valence-corrected chi connectivity index (χ1v) is 8.27. The van der Waals surface area contributed by atoms with Crippen molar-refractivity contribution in [1.29, 1.82) is 0 Å². The molecule has 21 heavy (non-hydrogen) atoms. The van der Waals surface area contributed by atoms with Crippen LogP contribution in [0.4, 0.5) is 0 Å². The van der Waals surface area contributed by atoms with Crippen LogP contribution in [-0.2, 0) is 30.0 Å². The summed E-state index contributed by atoms with van der Waals surface area (Å²) in [5, 5.41) is 17.2. The molecular formula is C12H20N6O2S. The first kappa shape index (κ1) is 15.6. The largest absolute Gasteiger partial charge is 0.296 e. The van der Waals surface area contributed by atoms with E-state index in [1.807, 2.05) is 34.0 Å². The molecular weight excluding hydrogens is 292 g/mol. The molecule has 2 aromatic heterocycles. The summed E-state index contributed by atoms with van der Waals surface area (Å²) in [6.07, 6.45) is 2.53. The Morgan fingerprint density at radius 3 is 2.52 bits per heavy atom. The Bertz CT molecular complexity index is 744. The minimum absolute atomic E-state index is 0.211. The van der Waals surface area contributed by atoms with E-state index < -0.39 is 10.0 Å². The van der Waals surface area contributed by atoms with Gasteiger partial charge in [0, 0.05) is 19.8 Å². The van der Waals surface area contributed by atoms with E-state index in [1.54, 1.807) is 9.25 Å². The maximum absolute atomic E-state index is 11.7. The van der Waals surface area contributed by atoms with Gasteiger partial charge < -0.3 is 0 Å². The van der Waals surface area contributed by atoms with Crippen LogP contribution in [0.3, 0.4) is 0 Å². The highest BCUT2D eigenvalue weighted by Gasteiger charge is 2.24. The van der Waals surface area contributed by atoms with Crippen molar-refractivity contribution in [3.05, 3.63) is 11.9 Å². The number of nitrogens with zero attached hydrogens (tertiary/aromatic N) is 5. The molecule has 2 rings (SSSR count). The van der Waals surface area contributed by atoms with Crippen LogP contribution < -0.4 is 5.14 Å². The average molecular weight is 312 g/mol. The van der Waals surface area contributed by atoms with Gasteiger partial charge in [0.2, 0.25) is 0 Å². The van der Waals surface area contributed by atoms with Crippen LogP contribution in [0.15, 0.2) is 11.4 Å². The van der Waals surface area contributed by atoms with Gasteiger partial charge in [0.25, 0.3) is 15.2 Å². The predicted octanol–water partition coefficient (Wildman–Crippen LogP) is 0.544. The zero-order valence-corrected chi connectivity index (χ0v) is 13.4. The molecule has 0 atom stereocenters. The van der Waals surface area contributed by atoms with Gasteiger partial charge in [-0.25, -0.2) is 13.6 Å². The van der Waals surface area contributed by atoms with E-state index >= 15 is 0 Å². The second-order valence-corrected chi connectivity index (χ2v) is 6.83. The van der Waals surface area contributed by atoms with E-state index in [-0.39, 0.29) is 11.1 Å². The lowest BCUT2D eigenvalue weighted by Gasteiger charge is -2.11. The van der Waals surface area contributed by atoms with Gasteiger partial charge in [0.1, 0.15) is 0 Å². The Kier molecular flexibility index (Phi) is 4.15. The number of aryl methyl sites for hydroxylation is 2. The van der Waals surface area contributed by atoms with Crippen LogP contribution in [0.5, 0.6) is 0 Å². The molecule has 116 valence electrons. The third-order valence-electron chi connectivity index (χ3n) is 3.00. The second-order valence-electron chi connectivity index (χ2n) is 5.37.